The molecule has 0 bridgehead atoms. The number of esters is 1. The van der Waals surface area contributed by atoms with E-state index in [0.29, 0.717) is 6.07 Å². The first-order valence-electron chi connectivity index (χ1n) is 8.24. The van der Waals surface area contributed by atoms with Crippen LogP contribution in [0.4, 0.5) is 8.78 Å². The summed E-state index contributed by atoms with van der Waals surface area (Å²) in [5.41, 5.74) is 0.00608. The zero-order chi connectivity index (χ0) is 21.1. The molecule has 1 heterocycles. The summed E-state index contributed by atoms with van der Waals surface area (Å²) in [6.45, 7) is -0.409. The van der Waals surface area contributed by atoms with E-state index in [1.54, 1.807) is 18.2 Å². The van der Waals surface area contributed by atoms with E-state index in [4.69, 9.17) is 9.47 Å². The topological polar surface area (TPSA) is 79.1 Å². The number of methoxy groups -OCH3 is 3. The maximum absolute atomic E-state index is 14.4. The summed E-state index contributed by atoms with van der Waals surface area (Å²) < 4.78 is 44.4. The van der Waals surface area contributed by atoms with Gasteiger partial charge in [0, 0.05) is 6.07 Å². The standard InChI is InChI=1S/C19H16F2N2O5S/c1-26-12-5-4-6-13(27-2)16(12)18(25)22-19-23(9-15(24)28-3)17-11(21)7-10(20)8-14(17)29-19/h4-8H,9H2,1-3H3. The molecule has 0 spiro atoms. The van der Waals surface area contributed by atoms with Gasteiger partial charge in [-0.2, -0.15) is 4.99 Å². The van der Waals surface area contributed by atoms with E-state index in [0.717, 1.165) is 17.4 Å². The lowest BCUT2D eigenvalue weighted by Gasteiger charge is -2.09. The first kappa shape index (κ1) is 20.5. The molecule has 3 rings (SSSR count). The second-order valence-corrected chi connectivity index (χ2v) is 6.74. The Morgan fingerprint density at radius 3 is 2.34 bits per heavy atom. The number of thiazole rings is 1. The van der Waals surface area contributed by atoms with Crippen LogP contribution >= 0.6 is 11.3 Å². The van der Waals surface area contributed by atoms with Crippen molar-refractivity contribution in [2.45, 2.75) is 6.54 Å². The average molecular weight is 422 g/mol. The second-order valence-electron chi connectivity index (χ2n) is 5.74. The molecule has 29 heavy (non-hydrogen) atoms. The molecular weight excluding hydrogens is 406 g/mol. The molecule has 0 radical (unpaired) electrons. The summed E-state index contributed by atoms with van der Waals surface area (Å²) in [6, 6.07) is 6.56. The fourth-order valence-corrected chi connectivity index (χ4v) is 3.83. The lowest BCUT2D eigenvalue weighted by molar-refractivity contribution is -0.141. The third-order valence-corrected chi connectivity index (χ3v) is 5.07. The molecule has 10 heteroatoms. The highest BCUT2D eigenvalue weighted by molar-refractivity contribution is 7.16. The lowest BCUT2D eigenvalue weighted by Crippen LogP contribution is -2.23. The van der Waals surface area contributed by atoms with E-state index in [1.807, 2.05) is 0 Å². The Bertz CT molecular complexity index is 1150. The van der Waals surface area contributed by atoms with E-state index in [2.05, 4.69) is 9.73 Å². The van der Waals surface area contributed by atoms with Crippen LogP contribution in [0.25, 0.3) is 10.2 Å². The Hall–Kier alpha value is -3.27. The van der Waals surface area contributed by atoms with E-state index in [-0.39, 0.29) is 32.1 Å². The van der Waals surface area contributed by atoms with Crippen molar-refractivity contribution in [3.05, 3.63) is 52.3 Å². The molecule has 0 aliphatic heterocycles. The third-order valence-electron chi connectivity index (χ3n) is 4.05. The van der Waals surface area contributed by atoms with Crippen molar-refractivity contribution in [1.82, 2.24) is 4.57 Å². The first-order chi connectivity index (χ1) is 13.9. The molecule has 3 aromatic rings. The molecule has 0 atom stereocenters. The van der Waals surface area contributed by atoms with Crippen molar-refractivity contribution in [3.63, 3.8) is 0 Å². The van der Waals surface area contributed by atoms with Crippen molar-refractivity contribution in [2.75, 3.05) is 21.3 Å². The molecule has 1 aromatic heterocycles. The van der Waals surface area contributed by atoms with Gasteiger partial charge in [-0.1, -0.05) is 17.4 Å². The van der Waals surface area contributed by atoms with Crippen LogP contribution < -0.4 is 14.3 Å². The summed E-state index contributed by atoms with van der Waals surface area (Å²) in [7, 11) is 3.95. The van der Waals surface area contributed by atoms with Crippen LogP contribution in [0.5, 0.6) is 11.5 Å². The van der Waals surface area contributed by atoms with Crippen LogP contribution in [0.15, 0.2) is 35.3 Å². The number of ether oxygens (including phenoxy) is 3. The first-order valence-corrected chi connectivity index (χ1v) is 9.06. The zero-order valence-electron chi connectivity index (χ0n) is 15.7. The maximum atomic E-state index is 14.4. The molecule has 0 aliphatic rings. The van der Waals surface area contributed by atoms with Crippen molar-refractivity contribution in [1.29, 1.82) is 0 Å². The number of hydrogen-bond acceptors (Lipinski definition) is 6. The number of carbonyl (C=O) groups is 2. The van der Waals surface area contributed by atoms with Crippen molar-refractivity contribution in [2.24, 2.45) is 4.99 Å². The Balaban J connectivity index is 2.25. The highest BCUT2D eigenvalue weighted by atomic mass is 32.1. The summed E-state index contributed by atoms with van der Waals surface area (Å²) in [5.74, 6) is -2.62. The molecule has 2 aromatic carbocycles. The van der Waals surface area contributed by atoms with Gasteiger partial charge in [0.2, 0.25) is 0 Å². The Labute approximate surface area is 167 Å². The van der Waals surface area contributed by atoms with E-state index >= 15 is 0 Å². The summed E-state index contributed by atoms with van der Waals surface area (Å²) in [6.07, 6.45) is 0. The fraction of sp³-hybridized carbons (Fsp3) is 0.211. The zero-order valence-corrected chi connectivity index (χ0v) is 16.5. The van der Waals surface area contributed by atoms with E-state index in [1.165, 1.54) is 25.9 Å². The molecule has 7 nitrogen and oxygen atoms in total. The van der Waals surface area contributed by atoms with Crippen molar-refractivity contribution >= 4 is 33.4 Å². The third kappa shape index (κ3) is 3.97. The molecule has 1 amide bonds. The smallest absolute Gasteiger partial charge is 0.325 e. The molecule has 0 saturated carbocycles. The highest BCUT2D eigenvalue weighted by Gasteiger charge is 2.20. The van der Waals surface area contributed by atoms with Gasteiger partial charge in [-0.05, 0) is 18.2 Å². The van der Waals surface area contributed by atoms with E-state index < -0.39 is 30.1 Å². The largest absolute Gasteiger partial charge is 0.496 e. The summed E-state index contributed by atoms with van der Waals surface area (Å²) >= 11 is 0.861. The molecule has 0 saturated heterocycles. The van der Waals surface area contributed by atoms with Crippen LogP contribution in [0, 0.1) is 11.6 Å². The quantitative estimate of drug-likeness (QED) is 0.591. The number of benzene rings is 2. The van der Waals surface area contributed by atoms with Gasteiger partial charge < -0.3 is 18.8 Å². The number of aromatic nitrogens is 1. The Kier molecular flexibility index (Phi) is 5.92. The molecular formula is C19H16F2N2O5S. The fourth-order valence-electron chi connectivity index (χ4n) is 2.76. The van der Waals surface area contributed by atoms with Gasteiger partial charge in [-0.3, -0.25) is 9.59 Å². The summed E-state index contributed by atoms with van der Waals surface area (Å²) in [5, 5.41) is 0. The minimum atomic E-state index is -0.885. The van der Waals surface area contributed by atoms with Crippen LogP contribution in [0.2, 0.25) is 0 Å². The predicted molar refractivity (Wildman–Crippen MR) is 101 cm³/mol. The Morgan fingerprint density at radius 1 is 1.10 bits per heavy atom. The molecule has 0 N–H and O–H groups in total. The van der Waals surface area contributed by atoms with Gasteiger partial charge in [0.05, 0.1) is 31.5 Å². The number of amides is 1. The van der Waals surface area contributed by atoms with Crippen LogP contribution in [0.1, 0.15) is 10.4 Å². The van der Waals surface area contributed by atoms with E-state index in [9.17, 15) is 18.4 Å². The molecule has 0 unspecified atom stereocenters. The number of fused-ring (bicyclic) bond motifs is 1. The van der Waals surface area contributed by atoms with Crippen LogP contribution in [-0.4, -0.2) is 37.8 Å². The van der Waals surface area contributed by atoms with Gasteiger partial charge in [0.25, 0.3) is 5.91 Å². The normalized spacial score (nSPS) is 11.6. The van der Waals surface area contributed by atoms with Gasteiger partial charge in [0.15, 0.2) is 10.6 Å². The van der Waals surface area contributed by atoms with Gasteiger partial charge in [0.1, 0.15) is 29.4 Å². The monoisotopic (exact) mass is 422 g/mol. The second kappa shape index (κ2) is 8.39. The number of hydrogen-bond donors (Lipinski definition) is 0. The van der Waals surface area contributed by atoms with Gasteiger partial charge in [-0.25, -0.2) is 8.78 Å². The van der Waals surface area contributed by atoms with Crippen molar-refractivity contribution in [3.8, 4) is 11.5 Å². The SMILES string of the molecule is COC(=O)Cn1c(=NC(=O)c2c(OC)cccc2OC)sc2cc(F)cc(F)c21. The molecule has 0 aliphatic carbocycles. The average Bonchev–Trinajstić information content (AvgIpc) is 3.03. The number of nitrogens with zero attached hydrogens (tertiary/aromatic N) is 2. The maximum Gasteiger partial charge on any atom is 0.325 e. The molecule has 152 valence electrons. The number of halogens is 2. The van der Waals surface area contributed by atoms with Crippen molar-refractivity contribution < 1.29 is 32.6 Å². The van der Waals surface area contributed by atoms with Gasteiger partial charge in [-0.15, -0.1) is 0 Å². The van der Waals surface area contributed by atoms with Gasteiger partial charge >= 0.3 is 5.97 Å². The molecule has 0 fully saturated rings. The highest BCUT2D eigenvalue weighted by Crippen LogP contribution is 2.29. The van der Waals surface area contributed by atoms with Crippen LogP contribution in [0.3, 0.4) is 0 Å². The minimum Gasteiger partial charge on any atom is -0.496 e. The minimum absolute atomic E-state index is 0.00661. The van der Waals surface area contributed by atoms with Crippen LogP contribution in [-0.2, 0) is 16.1 Å². The summed E-state index contributed by atoms with van der Waals surface area (Å²) in [4.78, 5) is 28.7. The Morgan fingerprint density at radius 2 is 1.76 bits per heavy atom. The lowest BCUT2D eigenvalue weighted by atomic mass is 10.1. The number of carbonyl (C=O) groups excluding carboxylic acids is 2. The predicted octanol–water partition coefficient (Wildman–Crippen LogP) is 2.91. The number of rotatable bonds is 5.